The van der Waals surface area contributed by atoms with E-state index in [1.54, 1.807) is 0 Å². The van der Waals surface area contributed by atoms with E-state index in [2.05, 4.69) is 25.7 Å². The van der Waals surface area contributed by atoms with E-state index in [0.717, 1.165) is 58.3 Å². The van der Waals surface area contributed by atoms with Crippen molar-refractivity contribution < 1.29 is 4.79 Å². The van der Waals surface area contributed by atoms with E-state index in [1.165, 1.54) is 6.42 Å². The molecule has 0 spiro atoms. The molecule has 1 saturated heterocycles. The Morgan fingerprint density at radius 1 is 1.24 bits per heavy atom. The highest BCUT2D eigenvalue weighted by atomic mass is 16.2. The van der Waals surface area contributed by atoms with E-state index in [4.69, 9.17) is 5.73 Å². The quantitative estimate of drug-likeness (QED) is 0.865. The van der Waals surface area contributed by atoms with Crippen LogP contribution in [-0.4, -0.2) is 53.5 Å². The van der Waals surface area contributed by atoms with Crippen molar-refractivity contribution in [2.24, 2.45) is 11.7 Å². The first-order valence-corrected chi connectivity index (χ1v) is 8.82. The van der Waals surface area contributed by atoms with Crippen LogP contribution in [-0.2, 0) is 4.79 Å². The van der Waals surface area contributed by atoms with Gasteiger partial charge in [0.05, 0.1) is 5.54 Å². The summed E-state index contributed by atoms with van der Waals surface area (Å²) in [7, 11) is 0. The molecule has 2 unspecified atom stereocenters. The topological polar surface area (TPSA) is 49.6 Å². The smallest absolute Gasteiger partial charge is 0.242 e. The van der Waals surface area contributed by atoms with Gasteiger partial charge in [0.25, 0.3) is 0 Å². The summed E-state index contributed by atoms with van der Waals surface area (Å²) < 4.78 is 0. The van der Waals surface area contributed by atoms with E-state index in [9.17, 15) is 4.79 Å². The van der Waals surface area contributed by atoms with Crippen molar-refractivity contribution in [3.05, 3.63) is 0 Å². The van der Waals surface area contributed by atoms with Gasteiger partial charge in [-0.25, -0.2) is 0 Å². The number of piperidine rings is 1. The molecule has 1 heterocycles. The van der Waals surface area contributed by atoms with Gasteiger partial charge >= 0.3 is 0 Å². The molecule has 0 bridgehead atoms. The van der Waals surface area contributed by atoms with Crippen LogP contribution in [0.4, 0.5) is 0 Å². The van der Waals surface area contributed by atoms with E-state index in [0.29, 0.717) is 12.0 Å². The normalized spacial score (nSPS) is 31.7. The molecular weight excluding hydrogens is 262 g/mol. The number of carbonyl (C=O) groups is 1. The second kappa shape index (κ2) is 7.10. The third kappa shape index (κ3) is 3.78. The highest BCUT2D eigenvalue weighted by Gasteiger charge is 2.41. The second-order valence-corrected chi connectivity index (χ2v) is 7.10. The summed E-state index contributed by atoms with van der Waals surface area (Å²) in [4.78, 5) is 17.4. The molecule has 1 amide bonds. The lowest BCUT2D eigenvalue weighted by Crippen LogP contribution is -2.59. The maximum Gasteiger partial charge on any atom is 0.242 e. The van der Waals surface area contributed by atoms with E-state index >= 15 is 0 Å². The molecule has 2 fully saturated rings. The molecule has 4 heteroatoms. The summed E-state index contributed by atoms with van der Waals surface area (Å²) in [5.74, 6) is 0.799. The van der Waals surface area contributed by atoms with Gasteiger partial charge in [0, 0.05) is 19.1 Å². The lowest BCUT2D eigenvalue weighted by Gasteiger charge is -2.43. The Balaban J connectivity index is 1.91. The molecule has 2 aliphatic rings. The summed E-state index contributed by atoms with van der Waals surface area (Å²) in [6, 6.07) is 0.642. The molecule has 122 valence electrons. The molecule has 0 radical (unpaired) electrons. The molecule has 2 N–H and O–H groups in total. The maximum absolute atomic E-state index is 12.8. The number of hydrogen-bond acceptors (Lipinski definition) is 3. The van der Waals surface area contributed by atoms with Crippen molar-refractivity contribution in [2.45, 2.75) is 70.9 Å². The average Bonchev–Trinajstić information content (AvgIpc) is 2.48. The minimum Gasteiger partial charge on any atom is -0.341 e. The minimum atomic E-state index is -0.584. The van der Waals surface area contributed by atoms with E-state index in [1.807, 2.05) is 4.90 Å². The molecular formula is C17H33N3O. The van der Waals surface area contributed by atoms with Gasteiger partial charge in [-0.05, 0) is 44.7 Å². The van der Waals surface area contributed by atoms with Crippen LogP contribution in [0.15, 0.2) is 0 Å². The number of nitrogens with zero attached hydrogens (tertiary/aromatic N) is 2. The van der Waals surface area contributed by atoms with Crippen molar-refractivity contribution in [3.63, 3.8) is 0 Å². The number of nitrogens with two attached hydrogens (primary N) is 1. The first-order valence-electron chi connectivity index (χ1n) is 8.82. The fourth-order valence-electron chi connectivity index (χ4n) is 4.28. The zero-order chi connectivity index (χ0) is 15.5. The Kier molecular flexibility index (Phi) is 5.67. The van der Waals surface area contributed by atoms with Gasteiger partial charge in [0.2, 0.25) is 5.91 Å². The predicted molar refractivity (Wildman–Crippen MR) is 87.1 cm³/mol. The van der Waals surface area contributed by atoms with Crippen molar-refractivity contribution in [1.82, 2.24) is 9.80 Å². The molecule has 2 atom stereocenters. The highest BCUT2D eigenvalue weighted by molar-refractivity contribution is 5.86. The summed E-state index contributed by atoms with van der Waals surface area (Å²) in [6.45, 7) is 10.6. The van der Waals surface area contributed by atoms with Crippen LogP contribution in [0.2, 0.25) is 0 Å². The maximum atomic E-state index is 12.8. The van der Waals surface area contributed by atoms with Gasteiger partial charge in [-0.3, -0.25) is 4.79 Å². The standard InChI is InChI=1S/C17H33N3O/c1-4-19(5-2)15-8-11-20(12-9-15)16(21)17(18)10-6-7-14(3)13-17/h14-15H,4-13,18H2,1-3H3. The Hall–Kier alpha value is -0.610. The largest absolute Gasteiger partial charge is 0.341 e. The minimum absolute atomic E-state index is 0.215. The molecule has 0 aromatic rings. The number of carbonyl (C=O) groups excluding carboxylic acids is 1. The van der Waals surface area contributed by atoms with Gasteiger partial charge in [-0.15, -0.1) is 0 Å². The number of hydrogen-bond donors (Lipinski definition) is 1. The zero-order valence-electron chi connectivity index (χ0n) is 14.1. The lowest BCUT2D eigenvalue weighted by molar-refractivity contribution is -0.140. The van der Waals surface area contributed by atoms with Crippen molar-refractivity contribution in [2.75, 3.05) is 26.2 Å². The van der Waals surface area contributed by atoms with Crippen LogP contribution in [0.1, 0.15) is 59.3 Å². The van der Waals surface area contributed by atoms with Crippen LogP contribution in [0.5, 0.6) is 0 Å². The predicted octanol–water partition coefficient (Wildman–Crippen LogP) is 2.23. The summed E-state index contributed by atoms with van der Waals surface area (Å²) in [6.07, 6.45) is 6.24. The number of likely N-dealkylation sites (tertiary alicyclic amines) is 1. The molecule has 0 aromatic carbocycles. The summed E-state index contributed by atoms with van der Waals surface area (Å²) in [5.41, 5.74) is 5.89. The first-order chi connectivity index (χ1) is 10.00. The number of rotatable bonds is 4. The van der Waals surface area contributed by atoms with Crippen molar-refractivity contribution >= 4 is 5.91 Å². The first kappa shape index (κ1) is 16.8. The fraction of sp³-hybridized carbons (Fsp3) is 0.941. The van der Waals surface area contributed by atoms with Crippen LogP contribution in [0.25, 0.3) is 0 Å². The van der Waals surface area contributed by atoms with Gasteiger partial charge in [-0.2, -0.15) is 0 Å². The fourth-order valence-corrected chi connectivity index (χ4v) is 4.28. The van der Waals surface area contributed by atoms with Gasteiger partial charge in [0.1, 0.15) is 0 Å². The number of amides is 1. The van der Waals surface area contributed by atoms with Crippen molar-refractivity contribution in [1.29, 1.82) is 0 Å². The molecule has 2 rings (SSSR count). The zero-order valence-corrected chi connectivity index (χ0v) is 14.1. The monoisotopic (exact) mass is 295 g/mol. The van der Waals surface area contributed by atoms with Gasteiger partial charge in [-0.1, -0.05) is 33.6 Å². The van der Waals surface area contributed by atoms with Crippen LogP contribution < -0.4 is 5.73 Å². The molecule has 1 saturated carbocycles. The summed E-state index contributed by atoms with van der Waals surface area (Å²) >= 11 is 0. The molecule has 1 aliphatic heterocycles. The third-order valence-corrected chi connectivity index (χ3v) is 5.54. The Bertz CT molecular complexity index is 348. The van der Waals surface area contributed by atoms with E-state index < -0.39 is 5.54 Å². The SMILES string of the molecule is CCN(CC)C1CCN(C(=O)C2(N)CCCC(C)C2)CC1. The molecule has 4 nitrogen and oxygen atoms in total. The lowest BCUT2D eigenvalue weighted by atomic mass is 9.76. The van der Waals surface area contributed by atoms with Crippen molar-refractivity contribution in [3.8, 4) is 0 Å². The average molecular weight is 295 g/mol. The van der Waals surface area contributed by atoms with Crippen LogP contribution in [0.3, 0.4) is 0 Å². The van der Waals surface area contributed by atoms with Crippen LogP contribution in [0, 0.1) is 5.92 Å². The Morgan fingerprint density at radius 2 is 1.86 bits per heavy atom. The van der Waals surface area contributed by atoms with Gasteiger partial charge in [0.15, 0.2) is 0 Å². The Morgan fingerprint density at radius 3 is 2.38 bits per heavy atom. The molecule has 0 aromatic heterocycles. The molecule has 1 aliphatic carbocycles. The van der Waals surface area contributed by atoms with Gasteiger partial charge < -0.3 is 15.5 Å². The third-order valence-electron chi connectivity index (χ3n) is 5.54. The Labute approximate surface area is 130 Å². The van der Waals surface area contributed by atoms with E-state index in [-0.39, 0.29) is 5.91 Å². The second-order valence-electron chi connectivity index (χ2n) is 7.10. The molecule has 21 heavy (non-hydrogen) atoms. The van der Waals surface area contributed by atoms with Crippen LogP contribution >= 0.6 is 0 Å². The highest BCUT2D eigenvalue weighted by Crippen LogP contribution is 2.32. The summed E-state index contributed by atoms with van der Waals surface area (Å²) in [5, 5.41) is 0.